The lowest BCUT2D eigenvalue weighted by Gasteiger charge is -2.11. The first kappa shape index (κ1) is 14.6. The number of hydrogen-bond donors (Lipinski definition) is 1. The van der Waals surface area contributed by atoms with Gasteiger partial charge in [-0.25, -0.2) is 0 Å². The number of rotatable bonds is 4. The molecule has 0 spiro atoms. The van der Waals surface area contributed by atoms with Crippen molar-refractivity contribution in [2.75, 3.05) is 24.7 Å². The van der Waals surface area contributed by atoms with E-state index in [2.05, 4.69) is 53.1 Å². The normalized spacial score (nSPS) is 10.8. The summed E-state index contributed by atoms with van der Waals surface area (Å²) < 4.78 is 0. The largest absolute Gasteiger partial charge is 0.368 e. The van der Waals surface area contributed by atoms with Gasteiger partial charge in [0, 0.05) is 19.0 Å². The number of nitrogens with zero attached hydrogens (tertiary/aromatic N) is 4. The topological polar surface area (TPSA) is 67.9 Å². The van der Waals surface area contributed by atoms with Gasteiger partial charge in [0.05, 0.1) is 0 Å². The van der Waals surface area contributed by atoms with Gasteiger partial charge in [0.25, 0.3) is 0 Å². The molecule has 0 bridgehead atoms. The van der Waals surface area contributed by atoms with Crippen LogP contribution in [0.4, 0.5) is 11.9 Å². The molecule has 2 aromatic rings. The molecule has 0 aliphatic rings. The second kappa shape index (κ2) is 6.09. The highest BCUT2D eigenvalue weighted by Gasteiger charge is 2.08. The number of aromatic nitrogens is 3. The summed E-state index contributed by atoms with van der Waals surface area (Å²) in [5.74, 6) is 1.34. The van der Waals surface area contributed by atoms with Gasteiger partial charge < -0.3 is 10.6 Å². The predicted molar refractivity (Wildman–Crippen MR) is 83.2 cm³/mol. The van der Waals surface area contributed by atoms with E-state index >= 15 is 0 Å². The molecule has 1 heterocycles. The Morgan fingerprint density at radius 3 is 2.25 bits per heavy atom. The summed E-state index contributed by atoms with van der Waals surface area (Å²) in [5.41, 5.74) is 7.03. The third-order valence-corrected chi connectivity index (χ3v) is 3.65. The van der Waals surface area contributed by atoms with Crippen molar-refractivity contribution in [1.82, 2.24) is 15.0 Å². The zero-order valence-electron chi connectivity index (χ0n) is 12.2. The summed E-state index contributed by atoms with van der Waals surface area (Å²) in [6, 6.07) is 8.42. The Labute approximate surface area is 123 Å². The van der Waals surface area contributed by atoms with Gasteiger partial charge in [-0.2, -0.15) is 15.0 Å². The molecule has 0 unspecified atom stereocenters. The Hall–Kier alpha value is -1.82. The highest BCUT2D eigenvalue weighted by atomic mass is 32.2. The zero-order valence-corrected chi connectivity index (χ0v) is 13.0. The molecule has 6 heteroatoms. The van der Waals surface area contributed by atoms with E-state index in [0.717, 1.165) is 4.90 Å². The quantitative estimate of drug-likeness (QED) is 0.933. The Bertz CT molecular complexity index is 581. The van der Waals surface area contributed by atoms with Crippen molar-refractivity contribution < 1.29 is 0 Å². The van der Waals surface area contributed by atoms with Crippen LogP contribution in [0.25, 0.3) is 0 Å². The Morgan fingerprint density at radius 2 is 1.70 bits per heavy atom. The van der Waals surface area contributed by atoms with Crippen LogP contribution < -0.4 is 10.6 Å². The SMILES string of the molecule is CC(C)c1ccc(Sc2nc(N)nc(N(C)C)n2)cc1. The van der Waals surface area contributed by atoms with Crippen LogP contribution in [0.1, 0.15) is 25.3 Å². The van der Waals surface area contributed by atoms with Crippen molar-refractivity contribution in [3.05, 3.63) is 29.8 Å². The lowest BCUT2D eigenvalue weighted by atomic mass is 10.0. The van der Waals surface area contributed by atoms with E-state index in [0.29, 0.717) is 17.0 Å². The maximum atomic E-state index is 5.71. The summed E-state index contributed by atoms with van der Waals surface area (Å²) in [5, 5.41) is 0.610. The van der Waals surface area contributed by atoms with Crippen LogP contribution in [0.2, 0.25) is 0 Å². The van der Waals surface area contributed by atoms with E-state index in [9.17, 15) is 0 Å². The molecule has 0 atom stereocenters. The summed E-state index contributed by atoms with van der Waals surface area (Å²) in [6.07, 6.45) is 0. The lowest BCUT2D eigenvalue weighted by molar-refractivity contribution is 0.863. The Morgan fingerprint density at radius 1 is 1.05 bits per heavy atom. The van der Waals surface area contributed by atoms with E-state index < -0.39 is 0 Å². The average Bonchev–Trinajstić information content (AvgIpc) is 2.38. The molecule has 1 aromatic carbocycles. The molecule has 0 aliphatic heterocycles. The molecule has 0 aliphatic carbocycles. The third kappa shape index (κ3) is 3.60. The van der Waals surface area contributed by atoms with Crippen molar-refractivity contribution in [2.45, 2.75) is 29.8 Å². The van der Waals surface area contributed by atoms with E-state index in [4.69, 9.17) is 5.73 Å². The van der Waals surface area contributed by atoms with Gasteiger partial charge in [0.15, 0.2) is 5.16 Å². The van der Waals surface area contributed by atoms with Crippen molar-refractivity contribution in [2.24, 2.45) is 0 Å². The van der Waals surface area contributed by atoms with Gasteiger partial charge in [0.1, 0.15) is 0 Å². The number of nitrogen functional groups attached to an aromatic ring is 1. The first-order chi connectivity index (χ1) is 9.45. The molecule has 1 aromatic heterocycles. The third-order valence-electron chi connectivity index (χ3n) is 2.78. The van der Waals surface area contributed by atoms with Gasteiger partial charge >= 0.3 is 0 Å². The molecule has 0 amide bonds. The predicted octanol–water partition coefficient (Wildman–Crippen LogP) is 2.79. The second-order valence-electron chi connectivity index (χ2n) is 5.00. The zero-order chi connectivity index (χ0) is 14.7. The standard InChI is InChI=1S/C14H19N5S/c1-9(2)10-5-7-11(8-6-10)20-14-17-12(15)16-13(18-14)19(3)4/h5-9H,1-4H3,(H2,15,16,17,18). The molecular formula is C14H19N5S. The molecule has 2 N–H and O–H groups in total. The van der Waals surface area contributed by atoms with Crippen LogP contribution in [-0.4, -0.2) is 29.0 Å². The van der Waals surface area contributed by atoms with Gasteiger partial charge in [-0.1, -0.05) is 26.0 Å². The van der Waals surface area contributed by atoms with Gasteiger partial charge in [-0.15, -0.1) is 0 Å². The van der Waals surface area contributed by atoms with Gasteiger partial charge in [-0.3, -0.25) is 0 Å². The van der Waals surface area contributed by atoms with Crippen LogP contribution in [0.3, 0.4) is 0 Å². The fourth-order valence-corrected chi connectivity index (χ4v) is 2.38. The summed E-state index contributed by atoms with van der Waals surface area (Å²) in [7, 11) is 3.75. The molecule has 20 heavy (non-hydrogen) atoms. The molecule has 5 nitrogen and oxygen atoms in total. The number of benzene rings is 1. The first-order valence-electron chi connectivity index (χ1n) is 6.42. The molecule has 0 saturated heterocycles. The highest BCUT2D eigenvalue weighted by Crippen LogP contribution is 2.27. The molecule has 2 rings (SSSR count). The minimum Gasteiger partial charge on any atom is -0.368 e. The Balaban J connectivity index is 2.21. The van der Waals surface area contributed by atoms with E-state index in [1.54, 1.807) is 0 Å². The molecule has 0 fully saturated rings. The van der Waals surface area contributed by atoms with Crippen LogP contribution >= 0.6 is 11.8 Å². The van der Waals surface area contributed by atoms with Gasteiger partial charge in [-0.05, 0) is 35.4 Å². The van der Waals surface area contributed by atoms with Gasteiger partial charge in [0.2, 0.25) is 11.9 Å². The number of anilines is 2. The van der Waals surface area contributed by atoms with Crippen molar-refractivity contribution in [3.8, 4) is 0 Å². The minimum absolute atomic E-state index is 0.241. The maximum absolute atomic E-state index is 5.71. The molecule has 106 valence electrons. The first-order valence-corrected chi connectivity index (χ1v) is 7.24. The maximum Gasteiger partial charge on any atom is 0.230 e. The van der Waals surface area contributed by atoms with Crippen molar-refractivity contribution in [1.29, 1.82) is 0 Å². The van der Waals surface area contributed by atoms with E-state index in [-0.39, 0.29) is 5.95 Å². The summed E-state index contributed by atoms with van der Waals surface area (Å²) in [6.45, 7) is 4.36. The molecular weight excluding hydrogens is 270 g/mol. The Kier molecular flexibility index (Phi) is 4.44. The number of nitrogens with two attached hydrogens (primary N) is 1. The monoisotopic (exact) mass is 289 g/mol. The number of hydrogen-bond acceptors (Lipinski definition) is 6. The summed E-state index contributed by atoms with van der Waals surface area (Å²) >= 11 is 1.48. The smallest absolute Gasteiger partial charge is 0.230 e. The fourth-order valence-electron chi connectivity index (χ4n) is 1.63. The van der Waals surface area contributed by atoms with Crippen LogP contribution in [-0.2, 0) is 0 Å². The fraction of sp³-hybridized carbons (Fsp3) is 0.357. The summed E-state index contributed by atoms with van der Waals surface area (Å²) in [4.78, 5) is 15.5. The van der Waals surface area contributed by atoms with Crippen molar-refractivity contribution >= 4 is 23.7 Å². The molecule has 0 saturated carbocycles. The average molecular weight is 289 g/mol. The van der Waals surface area contributed by atoms with Crippen molar-refractivity contribution in [3.63, 3.8) is 0 Å². The van der Waals surface area contributed by atoms with Crippen LogP contribution in [0.15, 0.2) is 34.3 Å². The highest BCUT2D eigenvalue weighted by molar-refractivity contribution is 7.99. The minimum atomic E-state index is 0.241. The lowest BCUT2D eigenvalue weighted by Crippen LogP contribution is -2.15. The van der Waals surface area contributed by atoms with E-state index in [1.165, 1.54) is 17.3 Å². The van der Waals surface area contributed by atoms with Crippen LogP contribution in [0.5, 0.6) is 0 Å². The van der Waals surface area contributed by atoms with Crippen LogP contribution in [0, 0.1) is 0 Å². The molecule has 0 radical (unpaired) electrons. The van der Waals surface area contributed by atoms with E-state index in [1.807, 2.05) is 19.0 Å². The second-order valence-corrected chi connectivity index (χ2v) is 6.04.